The molecule has 2 rings (SSSR count). The minimum atomic E-state index is -3.53. The summed E-state index contributed by atoms with van der Waals surface area (Å²) in [6, 6.07) is 4.51. The second-order valence-corrected chi connectivity index (χ2v) is 10.1. The fourth-order valence-electron chi connectivity index (χ4n) is 2.72. The van der Waals surface area contributed by atoms with Crippen molar-refractivity contribution in [1.29, 1.82) is 0 Å². The molecular weight excluding hydrogens is 399 g/mol. The first-order valence-electron chi connectivity index (χ1n) is 8.37. The van der Waals surface area contributed by atoms with E-state index in [0.717, 1.165) is 0 Å². The highest BCUT2D eigenvalue weighted by molar-refractivity contribution is 7.88. The van der Waals surface area contributed by atoms with Crippen molar-refractivity contribution in [3.05, 3.63) is 33.8 Å². The van der Waals surface area contributed by atoms with Crippen molar-refractivity contribution in [2.24, 2.45) is 0 Å². The summed E-state index contributed by atoms with van der Waals surface area (Å²) in [7, 11) is -3.53. The monoisotopic (exact) mass is 422 g/mol. The molecule has 0 spiro atoms. The van der Waals surface area contributed by atoms with Gasteiger partial charge < -0.3 is 10.1 Å². The van der Waals surface area contributed by atoms with Crippen LogP contribution >= 0.6 is 23.2 Å². The predicted molar refractivity (Wildman–Crippen MR) is 103 cm³/mol. The van der Waals surface area contributed by atoms with Crippen LogP contribution in [0.5, 0.6) is 0 Å². The predicted octanol–water partition coefficient (Wildman–Crippen LogP) is 3.81. The molecule has 0 radical (unpaired) electrons. The number of nitrogens with one attached hydrogen (secondary N) is 1. The van der Waals surface area contributed by atoms with Crippen LogP contribution in [0.1, 0.15) is 39.2 Å². The van der Waals surface area contributed by atoms with Gasteiger partial charge in [0.25, 0.3) is 0 Å². The van der Waals surface area contributed by atoms with E-state index < -0.39 is 21.7 Å². The molecule has 1 atom stereocenters. The van der Waals surface area contributed by atoms with E-state index >= 15 is 0 Å². The van der Waals surface area contributed by atoms with E-state index in [1.54, 1.807) is 39.0 Å². The minimum Gasteiger partial charge on any atom is -0.444 e. The van der Waals surface area contributed by atoms with E-state index in [0.29, 0.717) is 35.0 Å². The summed E-state index contributed by atoms with van der Waals surface area (Å²) in [5.74, 6) is -0.164. The molecule has 1 aromatic rings. The van der Waals surface area contributed by atoms with Crippen LogP contribution in [0.2, 0.25) is 10.0 Å². The number of nitrogens with zero attached hydrogens (tertiary/aromatic N) is 1. The first-order chi connectivity index (χ1) is 12.0. The van der Waals surface area contributed by atoms with Gasteiger partial charge in [0.15, 0.2) is 0 Å². The van der Waals surface area contributed by atoms with Gasteiger partial charge in [-0.1, -0.05) is 29.3 Å². The number of sulfonamides is 1. The van der Waals surface area contributed by atoms with Gasteiger partial charge in [-0.05, 0) is 51.3 Å². The van der Waals surface area contributed by atoms with Crippen LogP contribution in [-0.2, 0) is 20.5 Å². The van der Waals surface area contributed by atoms with Crippen LogP contribution in [0.3, 0.4) is 0 Å². The quantitative estimate of drug-likeness (QED) is 0.799. The summed E-state index contributed by atoms with van der Waals surface area (Å²) in [5, 5.41) is 3.46. The van der Waals surface area contributed by atoms with Gasteiger partial charge in [-0.3, -0.25) is 0 Å². The van der Waals surface area contributed by atoms with Gasteiger partial charge in [-0.2, -0.15) is 4.31 Å². The maximum absolute atomic E-state index is 12.7. The number of halogens is 2. The third kappa shape index (κ3) is 6.30. The molecule has 0 unspecified atom stereocenters. The number of rotatable bonds is 4. The lowest BCUT2D eigenvalue weighted by molar-refractivity contribution is 0.0487. The molecule has 1 heterocycles. The first kappa shape index (κ1) is 21.3. The Kier molecular flexibility index (Phi) is 6.82. The Morgan fingerprint density at radius 3 is 2.62 bits per heavy atom. The smallest absolute Gasteiger partial charge is 0.407 e. The average molecular weight is 423 g/mol. The Morgan fingerprint density at radius 1 is 1.31 bits per heavy atom. The second kappa shape index (κ2) is 8.33. The number of hydrogen-bond acceptors (Lipinski definition) is 4. The van der Waals surface area contributed by atoms with Gasteiger partial charge >= 0.3 is 6.09 Å². The van der Waals surface area contributed by atoms with E-state index in [2.05, 4.69) is 5.32 Å². The van der Waals surface area contributed by atoms with Crippen LogP contribution in [0.4, 0.5) is 4.79 Å². The molecule has 0 bridgehead atoms. The topological polar surface area (TPSA) is 75.7 Å². The Hall–Kier alpha value is -1.02. The number of piperidine rings is 1. The molecule has 0 saturated carbocycles. The van der Waals surface area contributed by atoms with Crippen molar-refractivity contribution in [2.45, 2.75) is 51.0 Å². The number of alkyl carbamates (subject to hydrolysis) is 1. The van der Waals surface area contributed by atoms with E-state index in [9.17, 15) is 13.2 Å². The Labute approximate surface area is 164 Å². The zero-order valence-electron chi connectivity index (χ0n) is 15.1. The van der Waals surface area contributed by atoms with Crippen molar-refractivity contribution < 1.29 is 17.9 Å². The van der Waals surface area contributed by atoms with Crippen molar-refractivity contribution in [1.82, 2.24) is 9.62 Å². The number of benzene rings is 1. The zero-order chi connectivity index (χ0) is 19.5. The number of hydrogen-bond donors (Lipinski definition) is 1. The van der Waals surface area contributed by atoms with E-state index in [1.165, 1.54) is 4.31 Å². The summed E-state index contributed by atoms with van der Waals surface area (Å²) >= 11 is 11.8. The standard InChI is InChI=1S/C17H24Cl2N2O4S/c1-17(2,3)25-16(22)20-13-5-4-8-21(10-13)26(23,24)11-12-6-7-14(18)15(19)9-12/h6-7,9,13H,4-5,8,10-11H2,1-3H3,(H,20,22)/t13-/m0/s1. The highest BCUT2D eigenvalue weighted by Crippen LogP contribution is 2.25. The number of ether oxygens (including phenoxy) is 1. The normalized spacial score (nSPS) is 19.2. The van der Waals surface area contributed by atoms with E-state index in [4.69, 9.17) is 27.9 Å². The fourth-order valence-corrected chi connectivity index (χ4v) is 4.64. The van der Waals surface area contributed by atoms with Gasteiger partial charge in [-0.15, -0.1) is 0 Å². The fraction of sp³-hybridized carbons (Fsp3) is 0.588. The summed E-state index contributed by atoms with van der Waals surface area (Å²) < 4.78 is 32.1. The summed E-state index contributed by atoms with van der Waals surface area (Å²) in [5.41, 5.74) is -0.0279. The molecule has 1 saturated heterocycles. The Morgan fingerprint density at radius 2 is 2.00 bits per heavy atom. The van der Waals surface area contributed by atoms with Crippen LogP contribution in [0.15, 0.2) is 18.2 Å². The van der Waals surface area contributed by atoms with Crippen LogP contribution in [0.25, 0.3) is 0 Å². The molecule has 1 aromatic carbocycles. The van der Waals surface area contributed by atoms with Crippen molar-refractivity contribution in [3.8, 4) is 0 Å². The Balaban J connectivity index is 2.00. The second-order valence-electron chi connectivity index (χ2n) is 7.35. The molecule has 9 heteroatoms. The summed E-state index contributed by atoms with van der Waals surface area (Å²) in [6.45, 7) is 5.99. The third-order valence-corrected chi connectivity index (χ3v) is 6.39. The van der Waals surface area contributed by atoms with Gasteiger partial charge in [0, 0.05) is 19.1 Å². The molecule has 1 aliphatic heterocycles. The van der Waals surface area contributed by atoms with Gasteiger partial charge in [0.1, 0.15) is 5.60 Å². The number of amides is 1. The maximum Gasteiger partial charge on any atom is 0.407 e. The third-order valence-electron chi connectivity index (χ3n) is 3.83. The van der Waals surface area contributed by atoms with Crippen molar-refractivity contribution in [2.75, 3.05) is 13.1 Å². The summed E-state index contributed by atoms with van der Waals surface area (Å²) in [6.07, 6.45) is 0.838. The molecule has 1 fully saturated rings. The number of carbonyl (C=O) groups excluding carboxylic acids is 1. The molecule has 0 aliphatic carbocycles. The van der Waals surface area contributed by atoms with E-state index in [1.807, 2.05) is 0 Å². The zero-order valence-corrected chi connectivity index (χ0v) is 17.4. The van der Waals surface area contributed by atoms with Crippen molar-refractivity contribution in [3.63, 3.8) is 0 Å². The molecule has 0 aromatic heterocycles. The van der Waals surface area contributed by atoms with Gasteiger partial charge in [0.05, 0.1) is 15.8 Å². The maximum atomic E-state index is 12.7. The molecule has 146 valence electrons. The SMILES string of the molecule is CC(C)(C)OC(=O)N[C@H]1CCCN(S(=O)(=O)Cc2ccc(Cl)c(Cl)c2)C1. The molecule has 1 aliphatic rings. The van der Waals surface area contributed by atoms with E-state index in [-0.39, 0.29) is 18.3 Å². The van der Waals surface area contributed by atoms with Crippen LogP contribution < -0.4 is 5.32 Å². The van der Waals surface area contributed by atoms with Gasteiger partial charge in [-0.25, -0.2) is 13.2 Å². The summed E-state index contributed by atoms with van der Waals surface area (Å²) in [4.78, 5) is 11.9. The average Bonchev–Trinajstić information content (AvgIpc) is 2.49. The van der Waals surface area contributed by atoms with Crippen molar-refractivity contribution >= 4 is 39.3 Å². The largest absolute Gasteiger partial charge is 0.444 e. The lowest BCUT2D eigenvalue weighted by atomic mass is 10.1. The number of carbonyl (C=O) groups is 1. The lowest BCUT2D eigenvalue weighted by Gasteiger charge is -2.33. The molecule has 1 N–H and O–H groups in total. The molecule has 1 amide bonds. The highest BCUT2D eigenvalue weighted by atomic mass is 35.5. The molecule has 6 nitrogen and oxygen atoms in total. The van der Waals surface area contributed by atoms with Gasteiger partial charge in [0.2, 0.25) is 10.0 Å². The lowest BCUT2D eigenvalue weighted by Crippen LogP contribution is -2.50. The van der Waals surface area contributed by atoms with Crippen LogP contribution in [0, 0.1) is 0 Å². The molecule has 26 heavy (non-hydrogen) atoms. The molecular formula is C17H24Cl2N2O4S. The minimum absolute atomic E-state index is 0.164. The highest BCUT2D eigenvalue weighted by Gasteiger charge is 2.30. The first-order valence-corrected chi connectivity index (χ1v) is 10.7. The van der Waals surface area contributed by atoms with Crippen LogP contribution in [-0.4, -0.2) is 43.5 Å². The Bertz CT molecular complexity index is 763.